The van der Waals surface area contributed by atoms with Crippen LogP contribution < -0.4 is 14.4 Å². The number of nitrogens with zero attached hydrogens (tertiary/aromatic N) is 2. The van der Waals surface area contributed by atoms with Crippen molar-refractivity contribution in [3.05, 3.63) is 132 Å². The van der Waals surface area contributed by atoms with E-state index in [0.717, 1.165) is 22.4 Å². The fourth-order valence-corrected chi connectivity index (χ4v) is 3.47. The number of para-hydroxylation sites is 1. The SMILES string of the molecule is CN(/C(C#N)=C/c1ccc(OCc2ccccc2)c(OCc2ccccc2)c1)c1ccccc1. The summed E-state index contributed by atoms with van der Waals surface area (Å²) in [4.78, 5) is 1.87. The zero-order valence-electron chi connectivity index (χ0n) is 19.1. The van der Waals surface area contributed by atoms with Crippen LogP contribution in [0.1, 0.15) is 16.7 Å². The Balaban J connectivity index is 1.59. The van der Waals surface area contributed by atoms with Gasteiger partial charge in [-0.05, 0) is 47.0 Å². The molecule has 0 spiro atoms. The summed E-state index contributed by atoms with van der Waals surface area (Å²) in [5.41, 5.74) is 4.47. The van der Waals surface area contributed by atoms with Crippen LogP contribution in [0, 0.1) is 11.3 Å². The van der Waals surface area contributed by atoms with Crippen molar-refractivity contribution in [2.45, 2.75) is 13.2 Å². The van der Waals surface area contributed by atoms with Gasteiger partial charge < -0.3 is 14.4 Å². The first kappa shape index (κ1) is 22.7. The number of rotatable bonds is 9. The molecule has 0 saturated heterocycles. The lowest BCUT2D eigenvalue weighted by Gasteiger charge is -2.18. The zero-order valence-corrected chi connectivity index (χ0v) is 19.1. The molecule has 0 unspecified atom stereocenters. The minimum atomic E-state index is 0.421. The summed E-state index contributed by atoms with van der Waals surface area (Å²) in [6, 6.07) is 37.9. The van der Waals surface area contributed by atoms with Gasteiger partial charge in [0.2, 0.25) is 0 Å². The average molecular weight is 447 g/mol. The van der Waals surface area contributed by atoms with Crippen molar-refractivity contribution in [3.8, 4) is 17.6 Å². The van der Waals surface area contributed by atoms with Crippen molar-refractivity contribution in [1.82, 2.24) is 0 Å². The number of ether oxygens (including phenoxy) is 2. The van der Waals surface area contributed by atoms with E-state index in [4.69, 9.17) is 9.47 Å². The molecule has 4 nitrogen and oxygen atoms in total. The fourth-order valence-electron chi connectivity index (χ4n) is 3.47. The third-order valence-corrected chi connectivity index (χ3v) is 5.36. The molecule has 0 radical (unpaired) electrons. The second-order valence-corrected chi connectivity index (χ2v) is 7.79. The Hall–Kier alpha value is -4.49. The van der Waals surface area contributed by atoms with Gasteiger partial charge in [0, 0.05) is 12.7 Å². The zero-order chi connectivity index (χ0) is 23.6. The Labute approximate surface area is 200 Å². The molecule has 0 N–H and O–H groups in total. The van der Waals surface area contributed by atoms with Crippen molar-refractivity contribution in [1.29, 1.82) is 5.26 Å². The Bertz CT molecular complexity index is 1260. The minimum absolute atomic E-state index is 0.421. The highest BCUT2D eigenvalue weighted by Crippen LogP contribution is 2.31. The van der Waals surface area contributed by atoms with Crippen LogP contribution in [0.2, 0.25) is 0 Å². The molecule has 0 aliphatic carbocycles. The number of allylic oxidation sites excluding steroid dienone is 1. The molecule has 4 aromatic rings. The molecule has 0 bridgehead atoms. The Kier molecular flexibility index (Phi) is 7.61. The van der Waals surface area contributed by atoms with E-state index >= 15 is 0 Å². The Morgan fingerprint density at radius 2 is 1.26 bits per heavy atom. The van der Waals surface area contributed by atoms with Crippen molar-refractivity contribution in [2.75, 3.05) is 11.9 Å². The highest BCUT2D eigenvalue weighted by atomic mass is 16.5. The summed E-state index contributed by atoms with van der Waals surface area (Å²) < 4.78 is 12.3. The molecule has 0 saturated carbocycles. The predicted octanol–water partition coefficient (Wildman–Crippen LogP) is 6.85. The molecular weight excluding hydrogens is 420 g/mol. The van der Waals surface area contributed by atoms with E-state index in [2.05, 4.69) is 6.07 Å². The molecule has 0 aromatic heterocycles. The molecular formula is C30H26N2O2. The molecule has 0 heterocycles. The van der Waals surface area contributed by atoms with Crippen molar-refractivity contribution >= 4 is 11.8 Å². The first-order valence-electron chi connectivity index (χ1n) is 11.1. The first-order valence-corrected chi connectivity index (χ1v) is 11.1. The monoisotopic (exact) mass is 446 g/mol. The number of nitriles is 1. The molecule has 34 heavy (non-hydrogen) atoms. The van der Waals surface area contributed by atoms with Gasteiger partial charge in [-0.15, -0.1) is 0 Å². The van der Waals surface area contributed by atoms with Crippen LogP contribution >= 0.6 is 0 Å². The quantitative estimate of drug-likeness (QED) is 0.264. The predicted molar refractivity (Wildman–Crippen MR) is 136 cm³/mol. The Morgan fingerprint density at radius 1 is 0.735 bits per heavy atom. The molecule has 168 valence electrons. The summed E-state index contributed by atoms with van der Waals surface area (Å²) in [6.45, 7) is 0.864. The van der Waals surface area contributed by atoms with Crippen LogP contribution in [0.5, 0.6) is 11.5 Å². The van der Waals surface area contributed by atoms with E-state index in [1.165, 1.54) is 0 Å². The van der Waals surface area contributed by atoms with Gasteiger partial charge in [-0.2, -0.15) is 5.26 Å². The van der Waals surface area contributed by atoms with Gasteiger partial charge in [0.1, 0.15) is 25.0 Å². The molecule has 4 rings (SSSR count). The smallest absolute Gasteiger partial charge is 0.162 e. The van der Waals surface area contributed by atoms with Gasteiger partial charge in [-0.1, -0.05) is 84.9 Å². The minimum Gasteiger partial charge on any atom is -0.485 e. The summed E-state index contributed by atoms with van der Waals surface area (Å²) in [6.07, 6.45) is 1.85. The average Bonchev–Trinajstić information content (AvgIpc) is 2.91. The van der Waals surface area contributed by atoms with Gasteiger partial charge in [0.05, 0.1) is 0 Å². The Morgan fingerprint density at radius 3 is 1.82 bits per heavy atom. The van der Waals surface area contributed by atoms with Gasteiger partial charge in [0.25, 0.3) is 0 Å². The summed E-state index contributed by atoms with van der Waals surface area (Å²) in [7, 11) is 1.88. The molecule has 0 amide bonds. The van der Waals surface area contributed by atoms with Gasteiger partial charge in [-0.25, -0.2) is 0 Å². The topological polar surface area (TPSA) is 45.5 Å². The highest BCUT2D eigenvalue weighted by Gasteiger charge is 2.10. The number of anilines is 1. The fraction of sp³-hybridized carbons (Fsp3) is 0.100. The van der Waals surface area contributed by atoms with Crippen LogP contribution in [0.3, 0.4) is 0 Å². The summed E-state index contributed by atoms with van der Waals surface area (Å²) >= 11 is 0. The molecule has 0 aliphatic heterocycles. The van der Waals surface area contributed by atoms with Crippen LogP contribution in [0.4, 0.5) is 5.69 Å². The number of hydrogen-bond donors (Lipinski definition) is 0. The van der Waals surface area contributed by atoms with Crippen molar-refractivity contribution < 1.29 is 9.47 Å². The van der Waals surface area contributed by atoms with E-state index in [1.807, 2.05) is 127 Å². The molecule has 0 aliphatic rings. The van der Waals surface area contributed by atoms with E-state index in [0.29, 0.717) is 30.4 Å². The van der Waals surface area contributed by atoms with Gasteiger partial charge in [0.15, 0.2) is 11.5 Å². The molecule has 0 fully saturated rings. The van der Waals surface area contributed by atoms with Gasteiger partial charge in [-0.3, -0.25) is 0 Å². The first-order chi connectivity index (χ1) is 16.7. The van der Waals surface area contributed by atoms with E-state index in [-0.39, 0.29) is 0 Å². The van der Waals surface area contributed by atoms with Gasteiger partial charge >= 0.3 is 0 Å². The summed E-state index contributed by atoms with van der Waals surface area (Å²) in [5.74, 6) is 1.29. The largest absolute Gasteiger partial charge is 0.485 e. The highest BCUT2D eigenvalue weighted by molar-refractivity contribution is 5.67. The maximum Gasteiger partial charge on any atom is 0.162 e. The van der Waals surface area contributed by atoms with E-state index in [9.17, 15) is 5.26 Å². The third-order valence-electron chi connectivity index (χ3n) is 5.36. The molecule has 0 atom stereocenters. The second-order valence-electron chi connectivity index (χ2n) is 7.79. The maximum atomic E-state index is 9.79. The lowest BCUT2D eigenvalue weighted by atomic mass is 10.1. The normalized spacial score (nSPS) is 10.9. The van der Waals surface area contributed by atoms with Crippen LogP contribution in [0.25, 0.3) is 6.08 Å². The van der Waals surface area contributed by atoms with E-state index < -0.39 is 0 Å². The number of benzene rings is 4. The van der Waals surface area contributed by atoms with Crippen molar-refractivity contribution in [3.63, 3.8) is 0 Å². The molecule has 4 aromatic carbocycles. The maximum absolute atomic E-state index is 9.79. The van der Waals surface area contributed by atoms with Crippen LogP contribution in [-0.4, -0.2) is 7.05 Å². The third kappa shape index (κ3) is 6.05. The van der Waals surface area contributed by atoms with E-state index in [1.54, 1.807) is 0 Å². The lowest BCUT2D eigenvalue weighted by Crippen LogP contribution is -2.14. The standard InChI is InChI=1S/C30H26N2O2/c1-32(27-15-9-4-10-16-27)28(21-31)19-26-17-18-29(33-22-24-11-5-2-6-12-24)30(20-26)34-23-25-13-7-3-8-14-25/h2-20H,22-23H2,1H3/b28-19+. The molecule has 4 heteroatoms. The lowest BCUT2D eigenvalue weighted by molar-refractivity contribution is 0.256. The second kappa shape index (κ2) is 11.4. The van der Waals surface area contributed by atoms with Crippen molar-refractivity contribution in [2.24, 2.45) is 0 Å². The van der Waals surface area contributed by atoms with Crippen LogP contribution in [0.15, 0.2) is 115 Å². The summed E-state index contributed by atoms with van der Waals surface area (Å²) in [5, 5.41) is 9.79. The number of hydrogen-bond acceptors (Lipinski definition) is 4. The van der Waals surface area contributed by atoms with Crippen LogP contribution in [-0.2, 0) is 13.2 Å².